The van der Waals surface area contributed by atoms with Crippen molar-refractivity contribution >= 4 is 11.6 Å². The predicted molar refractivity (Wildman–Crippen MR) is 95.4 cm³/mol. The van der Waals surface area contributed by atoms with Crippen molar-refractivity contribution in [3.63, 3.8) is 0 Å². The van der Waals surface area contributed by atoms with Gasteiger partial charge < -0.3 is 9.64 Å². The Hall–Kier alpha value is -2.29. The molecule has 0 saturated heterocycles. The maximum absolute atomic E-state index is 12.4. The van der Waals surface area contributed by atoms with E-state index in [9.17, 15) is 4.79 Å². The summed E-state index contributed by atoms with van der Waals surface area (Å²) in [6.07, 6.45) is 0.358. The Bertz CT molecular complexity index is 707. The maximum atomic E-state index is 12.4. The molecule has 23 heavy (non-hydrogen) atoms. The lowest BCUT2D eigenvalue weighted by molar-refractivity contribution is -0.118. The molecule has 2 rings (SSSR count). The quantitative estimate of drug-likeness (QED) is 0.821. The average molecular weight is 311 g/mol. The molecule has 3 nitrogen and oxygen atoms in total. The van der Waals surface area contributed by atoms with Crippen molar-refractivity contribution in [3.8, 4) is 5.75 Å². The van der Waals surface area contributed by atoms with Crippen LogP contribution in [0, 0.1) is 27.7 Å². The molecule has 0 fully saturated rings. The number of rotatable bonds is 5. The van der Waals surface area contributed by atoms with Gasteiger partial charge in [-0.2, -0.15) is 0 Å². The van der Waals surface area contributed by atoms with Crippen LogP contribution in [-0.2, 0) is 4.79 Å². The number of nitrogens with zero attached hydrogens (tertiary/aromatic N) is 1. The van der Waals surface area contributed by atoms with Gasteiger partial charge in [0.2, 0.25) is 5.91 Å². The summed E-state index contributed by atoms with van der Waals surface area (Å²) in [5.41, 5.74) is 5.56. The van der Waals surface area contributed by atoms with E-state index in [4.69, 9.17) is 4.74 Å². The van der Waals surface area contributed by atoms with Gasteiger partial charge in [-0.3, -0.25) is 4.79 Å². The van der Waals surface area contributed by atoms with Gasteiger partial charge in [0.1, 0.15) is 5.75 Å². The normalized spacial score (nSPS) is 10.5. The summed E-state index contributed by atoms with van der Waals surface area (Å²) >= 11 is 0. The van der Waals surface area contributed by atoms with Crippen molar-refractivity contribution in [1.82, 2.24) is 0 Å². The number of hydrogen-bond donors (Lipinski definition) is 0. The lowest BCUT2D eigenvalue weighted by Gasteiger charge is -2.20. The highest BCUT2D eigenvalue weighted by atomic mass is 16.5. The third-order valence-corrected chi connectivity index (χ3v) is 3.99. The molecule has 122 valence electrons. The molecule has 0 aromatic heterocycles. The highest BCUT2D eigenvalue weighted by Gasteiger charge is 2.13. The molecule has 2 aromatic rings. The summed E-state index contributed by atoms with van der Waals surface area (Å²) in [5, 5.41) is 0. The van der Waals surface area contributed by atoms with E-state index < -0.39 is 0 Å². The first-order valence-corrected chi connectivity index (χ1v) is 7.92. The molecule has 0 heterocycles. The van der Waals surface area contributed by atoms with Crippen molar-refractivity contribution in [2.24, 2.45) is 0 Å². The molecular formula is C20H25NO2. The van der Waals surface area contributed by atoms with Gasteiger partial charge in [-0.15, -0.1) is 0 Å². The van der Waals surface area contributed by atoms with Crippen LogP contribution in [0.4, 0.5) is 5.69 Å². The van der Waals surface area contributed by atoms with E-state index in [-0.39, 0.29) is 5.91 Å². The van der Waals surface area contributed by atoms with Crippen LogP contribution < -0.4 is 9.64 Å². The van der Waals surface area contributed by atoms with Gasteiger partial charge in [0.15, 0.2) is 0 Å². The lowest BCUT2D eigenvalue weighted by atomic mass is 10.1. The second kappa shape index (κ2) is 7.32. The lowest BCUT2D eigenvalue weighted by Crippen LogP contribution is -2.28. The van der Waals surface area contributed by atoms with E-state index >= 15 is 0 Å². The van der Waals surface area contributed by atoms with Crippen LogP contribution in [0.1, 0.15) is 28.7 Å². The van der Waals surface area contributed by atoms with Crippen LogP contribution >= 0.6 is 0 Å². The van der Waals surface area contributed by atoms with E-state index in [1.54, 1.807) is 4.90 Å². The average Bonchev–Trinajstić information content (AvgIpc) is 2.48. The number of anilines is 1. The Labute approximate surface area is 138 Å². The Morgan fingerprint density at radius 2 is 1.57 bits per heavy atom. The zero-order chi connectivity index (χ0) is 17.0. The number of benzene rings is 2. The highest BCUT2D eigenvalue weighted by Crippen LogP contribution is 2.21. The fourth-order valence-electron chi connectivity index (χ4n) is 2.69. The molecule has 0 unspecified atom stereocenters. The molecule has 0 spiro atoms. The molecule has 0 bridgehead atoms. The van der Waals surface area contributed by atoms with Crippen LogP contribution in [-0.4, -0.2) is 19.6 Å². The Morgan fingerprint density at radius 1 is 0.957 bits per heavy atom. The van der Waals surface area contributed by atoms with E-state index in [0.717, 1.165) is 22.6 Å². The number of aryl methyl sites for hydroxylation is 4. The van der Waals surface area contributed by atoms with Crippen LogP contribution in [0.25, 0.3) is 0 Å². The zero-order valence-electron chi connectivity index (χ0n) is 14.6. The third-order valence-electron chi connectivity index (χ3n) is 3.99. The van der Waals surface area contributed by atoms with Crippen LogP contribution in [0.5, 0.6) is 5.75 Å². The van der Waals surface area contributed by atoms with Gasteiger partial charge in [-0.05, 0) is 51.0 Å². The Balaban J connectivity index is 1.94. The number of ether oxygens (including phenoxy) is 1. The molecule has 0 aliphatic heterocycles. The fourth-order valence-corrected chi connectivity index (χ4v) is 2.69. The summed E-state index contributed by atoms with van der Waals surface area (Å²) in [4.78, 5) is 14.1. The monoisotopic (exact) mass is 311 g/mol. The molecule has 0 atom stereocenters. The maximum Gasteiger partial charge on any atom is 0.230 e. The van der Waals surface area contributed by atoms with Gasteiger partial charge in [-0.25, -0.2) is 0 Å². The molecule has 0 aliphatic carbocycles. The Kier molecular flexibility index (Phi) is 5.43. The third kappa shape index (κ3) is 4.35. The molecule has 0 saturated carbocycles. The summed E-state index contributed by atoms with van der Waals surface area (Å²) in [6, 6.07) is 12.2. The molecule has 0 aliphatic rings. The largest absolute Gasteiger partial charge is 0.493 e. The smallest absolute Gasteiger partial charge is 0.230 e. The zero-order valence-corrected chi connectivity index (χ0v) is 14.6. The van der Waals surface area contributed by atoms with Crippen LogP contribution in [0.3, 0.4) is 0 Å². The molecule has 3 heteroatoms. The minimum atomic E-state index is 0.0571. The molecule has 0 radical (unpaired) electrons. The van der Waals surface area contributed by atoms with E-state index in [1.165, 1.54) is 11.1 Å². The van der Waals surface area contributed by atoms with Gasteiger partial charge >= 0.3 is 0 Å². The van der Waals surface area contributed by atoms with Crippen molar-refractivity contribution in [3.05, 3.63) is 58.7 Å². The van der Waals surface area contributed by atoms with Gasteiger partial charge in [0.25, 0.3) is 0 Å². The summed E-state index contributed by atoms with van der Waals surface area (Å²) in [5.74, 6) is 0.902. The van der Waals surface area contributed by atoms with Gasteiger partial charge in [-0.1, -0.05) is 35.4 Å². The molecular weight excluding hydrogens is 286 g/mol. The predicted octanol–water partition coefficient (Wildman–Crippen LogP) is 4.35. The summed E-state index contributed by atoms with van der Waals surface area (Å²) in [6.45, 7) is 8.54. The van der Waals surface area contributed by atoms with Crippen LogP contribution in [0.15, 0.2) is 36.4 Å². The van der Waals surface area contributed by atoms with Crippen molar-refractivity contribution in [2.45, 2.75) is 34.1 Å². The second-order valence-corrected chi connectivity index (χ2v) is 6.11. The molecule has 0 N–H and O–H groups in total. The number of carbonyl (C=O) groups is 1. The van der Waals surface area contributed by atoms with Gasteiger partial charge in [0, 0.05) is 12.7 Å². The van der Waals surface area contributed by atoms with E-state index in [0.29, 0.717) is 13.0 Å². The first-order valence-electron chi connectivity index (χ1n) is 7.92. The van der Waals surface area contributed by atoms with E-state index in [1.807, 2.05) is 45.2 Å². The minimum Gasteiger partial charge on any atom is -0.493 e. The van der Waals surface area contributed by atoms with Gasteiger partial charge in [0.05, 0.1) is 13.0 Å². The molecule has 2 aromatic carbocycles. The summed E-state index contributed by atoms with van der Waals surface area (Å²) in [7, 11) is 1.82. The number of amides is 1. The van der Waals surface area contributed by atoms with Crippen molar-refractivity contribution in [1.29, 1.82) is 0 Å². The Morgan fingerprint density at radius 3 is 2.17 bits per heavy atom. The number of carbonyl (C=O) groups excluding carboxylic acids is 1. The van der Waals surface area contributed by atoms with Crippen molar-refractivity contribution < 1.29 is 9.53 Å². The topological polar surface area (TPSA) is 29.5 Å². The summed E-state index contributed by atoms with van der Waals surface area (Å²) < 4.78 is 5.75. The first-order chi connectivity index (χ1) is 10.9. The van der Waals surface area contributed by atoms with Crippen LogP contribution in [0.2, 0.25) is 0 Å². The second-order valence-electron chi connectivity index (χ2n) is 6.11. The SMILES string of the molecule is Cc1ccc(OCCC(=O)N(C)c2ccc(C)cc2C)c(C)c1. The minimum absolute atomic E-state index is 0.0571. The molecule has 1 amide bonds. The highest BCUT2D eigenvalue weighted by molar-refractivity contribution is 5.93. The first kappa shape index (κ1) is 17.1. The fraction of sp³-hybridized carbons (Fsp3) is 0.350. The van der Waals surface area contributed by atoms with Crippen molar-refractivity contribution in [2.75, 3.05) is 18.6 Å². The standard InChI is InChI=1S/C20H25NO2/c1-14-6-8-18(16(3)12-14)21(5)20(22)10-11-23-19-9-7-15(2)13-17(19)4/h6-9,12-13H,10-11H2,1-5H3. The number of hydrogen-bond acceptors (Lipinski definition) is 2. The van der Waals surface area contributed by atoms with E-state index in [2.05, 4.69) is 26.0 Å².